The van der Waals surface area contributed by atoms with E-state index < -0.39 is 0 Å². The van der Waals surface area contributed by atoms with Gasteiger partial charge in [0, 0.05) is 27.4 Å². The van der Waals surface area contributed by atoms with Gasteiger partial charge in [0.1, 0.15) is 0 Å². The Morgan fingerprint density at radius 1 is 1.47 bits per heavy atom. The molecule has 1 aromatic heterocycles. The zero-order valence-corrected chi connectivity index (χ0v) is 12.6. The van der Waals surface area contributed by atoms with E-state index >= 15 is 0 Å². The Bertz CT molecular complexity index is 312. The van der Waals surface area contributed by atoms with Crippen LogP contribution in [0, 0.1) is 12.8 Å². The average Bonchev–Trinajstić information content (AvgIpc) is 2.59. The van der Waals surface area contributed by atoms with Gasteiger partial charge < -0.3 is 4.74 Å². The molecule has 0 aromatic carbocycles. The summed E-state index contributed by atoms with van der Waals surface area (Å²) < 4.78 is 6.62. The fraction of sp³-hybridized carbons (Fsp3) is 0.636. The molecule has 84 valence electrons. The summed E-state index contributed by atoms with van der Waals surface area (Å²) in [6.45, 7) is 3.98. The molecule has 0 bridgehead atoms. The maximum atomic E-state index is 5.39. The van der Waals surface area contributed by atoms with Crippen molar-refractivity contribution >= 4 is 43.2 Å². The molecule has 1 nitrogen and oxygen atoms in total. The van der Waals surface area contributed by atoms with Crippen molar-refractivity contribution in [1.29, 1.82) is 0 Å². The molecule has 0 radical (unpaired) electrons. The van der Waals surface area contributed by atoms with Crippen LogP contribution >= 0.6 is 43.2 Å². The molecule has 1 unspecified atom stereocenters. The molecule has 1 atom stereocenters. The van der Waals surface area contributed by atoms with Crippen LogP contribution in [0.4, 0.5) is 0 Å². The van der Waals surface area contributed by atoms with E-state index in [4.69, 9.17) is 4.74 Å². The van der Waals surface area contributed by atoms with Crippen molar-refractivity contribution in [3.05, 3.63) is 20.3 Å². The fourth-order valence-corrected chi connectivity index (χ4v) is 4.43. The van der Waals surface area contributed by atoms with E-state index in [0.29, 0.717) is 4.83 Å². The van der Waals surface area contributed by atoms with Crippen molar-refractivity contribution in [3.8, 4) is 0 Å². The fourth-order valence-electron chi connectivity index (χ4n) is 1.86. The summed E-state index contributed by atoms with van der Waals surface area (Å²) in [5.74, 6) is 0.726. The molecule has 1 aliphatic heterocycles. The van der Waals surface area contributed by atoms with Gasteiger partial charge >= 0.3 is 0 Å². The number of aryl methyl sites for hydroxylation is 1. The molecule has 2 rings (SSSR count). The second-order valence-electron chi connectivity index (χ2n) is 3.90. The van der Waals surface area contributed by atoms with E-state index in [-0.39, 0.29) is 0 Å². The lowest BCUT2D eigenvalue weighted by atomic mass is 9.96. The van der Waals surface area contributed by atoms with E-state index in [1.165, 1.54) is 27.1 Å². The molecule has 1 aliphatic rings. The predicted octanol–water partition coefficient (Wildman–Crippen LogP) is 4.68. The monoisotopic (exact) mass is 352 g/mol. The highest BCUT2D eigenvalue weighted by atomic mass is 79.9. The third-order valence-corrected chi connectivity index (χ3v) is 6.59. The highest BCUT2D eigenvalue weighted by Gasteiger charge is 2.24. The van der Waals surface area contributed by atoms with Gasteiger partial charge in [0.25, 0.3) is 0 Å². The number of alkyl halides is 1. The molecule has 15 heavy (non-hydrogen) atoms. The number of hydrogen-bond donors (Lipinski definition) is 0. The molecular weight excluding hydrogens is 340 g/mol. The van der Waals surface area contributed by atoms with Gasteiger partial charge in [-0.1, -0.05) is 15.9 Å². The first kappa shape index (κ1) is 12.1. The Morgan fingerprint density at radius 3 is 2.67 bits per heavy atom. The van der Waals surface area contributed by atoms with E-state index in [1.807, 2.05) is 11.3 Å². The summed E-state index contributed by atoms with van der Waals surface area (Å²) in [5.41, 5.74) is 0. The smallest absolute Gasteiger partial charge is 0.0519 e. The van der Waals surface area contributed by atoms with Crippen molar-refractivity contribution in [3.63, 3.8) is 0 Å². The third kappa shape index (κ3) is 2.84. The second-order valence-corrected chi connectivity index (χ2v) is 7.03. The third-order valence-electron chi connectivity index (χ3n) is 2.83. The quantitative estimate of drug-likeness (QED) is 0.701. The van der Waals surface area contributed by atoms with E-state index in [0.717, 1.165) is 19.1 Å². The average molecular weight is 354 g/mol. The minimum absolute atomic E-state index is 0.497. The van der Waals surface area contributed by atoms with Crippen LogP contribution in [-0.4, -0.2) is 13.2 Å². The van der Waals surface area contributed by atoms with Crippen molar-refractivity contribution in [1.82, 2.24) is 0 Å². The lowest BCUT2D eigenvalue weighted by Gasteiger charge is -2.25. The van der Waals surface area contributed by atoms with E-state index in [2.05, 4.69) is 44.8 Å². The molecule has 0 spiro atoms. The lowest BCUT2D eigenvalue weighted by Crippen LogP contribution is -2.18. The minimum atomic E-state index is 0.497. The van der Waals surface area contributed by atoms with Crippen LogP contribution in [0.5, 0.6) is 0 Å². The molecule has 0 N–H and O–H groups in total. The van der Waals surface area contributed by atoms with Gasteiger partial charge in [-0.3, -0.25) is 0 Å². The summed E-state index contributed by atoms with van der Waals surface area (Å²) in [6, 6.07) is 2.24. The van der Waals surface area contributed by atoms with E-state index in [9.17, 15) is 0 Å². The van der Waals surface area contributed by atoms with Gasteiger partial charge in [-0.2, -0.15) is 0 Å². The Labute approximate surface area is 111 Å². The molecule has 1 saturated heterocycles. The Hall–Kier alpha value is 0.620. The minimum Gasteiger partial charge on any atom is -0.381 e. The van der Waals surface area contributed by atoms with Crippen LogP contribution < -0.4 is 0 Å². The molecule has 0 amide bonds. The van der Waals surface area contributed by atoms with Crippen LogP contribution in [0.2, 0.25) is 0 Å². The molecule has 1 fully saturated rings. The second kappa shape index (κ2) is 5.30. The van der Waals surface area contributed by atoms with Crippen molar-refractivity contribution in [2.75, 3.05) is 13.2 Å². The van der Waals surface area contributed by atoms with E-state index in [1.54, 1.807) is 0 Å². The van der Waals surface area contributed by atoms with Gasteiger partial charge in [-0.15, -0.1) is 11.3 Å². The zero-order chi connectivity index (χ0) is 10.8. The number of halogens is 2. The summed E-state index contributed by atoms with van der Waals surface area (Å²) in [4.78, 5) is 3.30. The Kier molecular flexibility index (Phi) is 4.27. The van der Waals surface area contributed by atoms with Crippen molar-refractivity contribution in [2.24, 2.45) is 5.92 Å². The number of ether oxygens (including phenoxy) is 1. The van der Waals surface area contributed by atoms with Gasteiger partial charge in [0.05, 0.1) is 4.83 Å². The highest BCUT2D eigenvalue weighted by molar-refractivity contribution is 9.10. The highest BCUT2D eigenvalue weighted by Crippen LogP contribution is 2.42. The maximum Gasteiger partial charge on any atom is 0.0519 e. The molecule has 0 saturated carbocycles. The summed E-state index contributed by atoms with van der Waals surface area (Å²) in [5, 5.41) is 0. The molecular formula is C11H14Br2OS. The summed E-state index contributed by atoms with van der Waals surface area (Å²) >= 11 is 9.28. The molecule has 1 aromatic rings. The number of hydrogen-bond acceptors (Lipinski definition) is 2. The predicted molar refractivity (Wildman–Crippen MR) is 72.0 cm³/mol. The standard InChI is InChI=1S/C11H14Br2OS/c1-7-9(12)6-10(15-7)11(13)8-2-4-14-5-3-8/h6,8,11H,2-5H2,1H3. The van der Waals surface area contributed by atoms with Crippen LogP contribution in [0.25, 0.3) is 0 Å². The van der Waals surface area contributed by atoms with Crippen LogP contribution in [-0.2, 0) is 4.74 Å². The molecule has 0 aliphatic carbocycles. The Balaban J connectivity index is 2.08. The first-order valence-corrected chi connectivity index (χ1v) is 7.68. The van der Waals surface area contributed by atoms with Crippen molar-refractivity contribution < 1.29 is 4.74 Å². The van der Waals surface area contributed by atoms with Crippen molar-refractivity contribution in [2.45, 2.75) is 24.6 Å². The summed E-state index contributed by atoms with van der Waals surface area (Å²) in [7, 11) is 0. The largest absolute Gasteiger partial charge is 0.381 e. The molecule has 4 heteroatoms. The van der Waals surface area contributed by atoms with Gasteiger partial charge in [0.2, 0.25) is 0 Å². The van der Waals surface area contributed by atoms with Crippen LogP contribution in [0.1, 0.15) is 27.4 Å². The van der Waals surface area contributed by atoms with Gasteiger partial charge in [0.15, 0.2) is 0 Å². The summed E-state index contributed by atoms with van der Waals surface area (Å²) in [6.07, 6.45) is 2.34. The normalized spacial score (nSPS) is 20.5. The zero-order valence-electron chi connectivity index (χ0n) is 8.63. The first-order chi connectivity index (χ1) is 7.18. The molecule has 2 heterocycles. The van der Waals surface area contributed by atoms with Crippen LogP contribution in [0.3, 0.4) is 0 Å². The van der Waals surface area contributed by atoms with Gasteiger partial charge in [-0.25, -0.2) is 0 Å². The Morgan fingerprint density at radius 2 is 2.13 bits per heavy atom. The topological polar surface area (TPSA) is 9.23 Å². The maximum absolute atomic E-state index is 5.39. The van der Waals surface area contributed by atoms with Gasteiger partial charge in [-0.05, 0) is 47.7 Å². The first-order valence-electron chi connectivity index (χ1n) is 5.16. The lowest BCUT2D eigenvalue weighted by molar-refractivity contribution is 0.0664. The number of rotatable bonds is 2. The number of thiophene rings is 1. The SMILES string of the molecule is Cc1sc(C(Br)C2CCOCC2)cc1Br. The van der Waals surface area contributed by atoms with Crippen LogP contribution in [0.15, 0.2) is 10.5 Å².